The standard InChI is InChI=1S/C27H25FN2O2/c1-3-19-5-7-21(8-6-19)17-30-25-14-18(2)4-13-23(25)24(26(30)27(31)32)16-29-15-20-9-11-22(28)12-10-20/h3-14,29H,1,15-17H2,2H3,(H,31,32)/p-1. The Balaban J connectivity index is 1.70. The van der Waals surface area contributed by atoms with Crippen molar-refractivity contribution in [2.45, 2.75) is 26.6 Å². The molecule has 0 fully saturated rings. The van der Waals surface area contributed by atoms with E-state index in [0.717, 1.165) is 33.2 Å². The molecule has 162 valence electrons. The number of nitrogens with one attached hydrogen (secondary N) is 1. The quantitative estimate of drug-likeness (QED) is 0.453. The number of carboxylic acid groups (broad SMARTS) is 1. The van der Waals surface area contributed by atoms with Gasteiger partial charge < -0.3 is 19.8 Å². The van der Waals surface area contributed by atoms with Gasteiger partial charge in [-0.05, 0) is 47.4 Å². The van der Waals surface area contributed by atoms with Gasteiger partial charge in [0.2, 0.25) is 0 Å². The smallest absolute Gasteiger partial charge is 0.123 e. The van der Waals surface area contributed by atoms with Crippen LogP contribution in [0.5, 0.6) is 0 Å². The highest BCUT2D eigenvalue weighted by molar-refractivity contribution is 5.97. The Morgan fingerprint density at radius 3 is 2.38 bits per heavy atom. The fourth-order valence-electron chi connectivity index (χ4n) is 3.98. The lowest BCUT2D eigenvalue weighted by atomic mass is 10.1. The molecule has 0 radical (unpaired) electrons. The zero-order valence-electron chi connectivity index (χ0n) is 17.9. The minimum atomic E-state index is -1.21. The van der Waals surface area contributed by atoms with E-state index in [9.17, 15) is 14.3 Å². The predicted molar refractivity (Wildman–Crippen MR) is 124 cm³/mol. The van der Waals surface area contributed by atoms with Crippen molar-refractivity contribution in [1.29, 1.82) is 0 Å². The van der Waals surface area contributed by atoms with E-state index in [4.69, 9.17) is 0 Å². The Morgan fingerprint density at radius 1 is 1.03 bits per heavy atom. The maximum absolute atomic E-state index is 13.1. The molecule has 1 heterocycles. The van der Waals surface area contributed by atoms with E-state index < -0.39 is 5.97 Å². The summed E-state index contributed by atoms with van der Waals surface area (Å²) in [6.45, 7) is 7.02. The van der Waals surface area contributed by atoms with Crippen LogP contribution in [0.25, 0.3) is 17.0 Å². The lowest BCUT2D eigenvalue weighted by molar-refractivity contribution is -0.255. The van der Waals surface area contributed by atoms with Gasteiger partial charge in [0.15, 0.2) is 0 Å². The molecule has 5 heteroatoms. The molecule has 4 rings (SSSR count). The number of fused-ring (bicyclic) bond motifs is 1. The normalized spacial score (nSPS) is 11.1. The van der Waals surface area contributed by atoms with Crippen LogP contribution in [0.2, 0.25) is 0 Å². The first-order chi connectivity index (χ1) is 15.5. The van der Waals surface area contributed by atoms with Crippen molar-refractivity contribution in [2.75, 3.05) is 0 Å². The average Bonchev–Trinajstić information content (AvgIpc) is 3.08. The molecule has 0 bridgehead atoms. The van der Waals surface area contributed by atoms with Crippen molar-refractivity contribution in [2.24, 2.45) is 0 Å². The number of nitrogens with zero attached hydrogens (tertiary/aromatic N) is 1. The Kier molecular flexibility index (Phi) is 6.19. The second-order valence-electron chi connectivity index (χ2n) is 7.90. The summed E-state index contributed by atoms with van der Waals surface area (Å²) in [6.07, 6.45) is 1.77. The molecule has 0 unspecified atom stereocenters. The van der Waals surface area contributed by atoms with Crippen LogP contribution in [0.3, 0.4) is 0 Å². The summed E-state index contributed by atoms with van der Waals surface area (Å²) < 4.78 is 15.0. The van der Waals surface area contributed by atoms with Gasteiger partial charge in [-0.2, -0.15) is 0 Å². The summed E-state index contributed by atoms with van der Waals surface area (Å²) in [4.78, 5) is 12.2. The van der Waals surface area contributed by atoms with E-state index in [1.165, 1.54) is 12.1 Å². The molecule has 0 amide bonds. The largest absolute Gasteiger partial charge is 0.543 e. The van der Waals surface area contributed by atoms with Crippen LogP contribution in [0, 0.1) is 12.7 Å². The van der Waals surface area contributed by atoms with Gasteiger partial charge in [0.05, 0.1) is 11.7 Å². The molecule has 4 aromatic rings. The summed E-state index contributed by atoms with van der Waals surface area (Å²) in [7, 11) is 0. The molecule has 4 nitrogen and oxygen atoms in total. The van der Waals surface area contributed by atoms with Crippen LogP contribution >= 0.6 is 0 Å². The number of aromatic carboxylic acids is 1. The summed E-state index contributed by atoms with van der Waals surface area (Å²) >= 11 is 0. The number of carbonyl (C=O) groups excluding carboxylic acids is 1. The third kappa shape index (κ3) is 4.48. The molecule has 0 aliphatic rings. The van der Waals surface area contributed by atoms with Gasteiger partial charge in [0.25, 0.3) is 0 Å². The Morgan fingerprint density at radius 2 is 1.72 bits per heavy atom. The van der Waals surface area contributed by atoms with E-state index in [-0.39, 0.29) is 11.5 Å². The number of carboxylic acids is 1. The molecule has 0 aliphatic carbocycles. The molecule has 0 saturated carbocycles. The fourth-order valence-corrected chi connectivity index (χ4v) is 3.98. The highest BCUT2D eigenvalue weighted by atomic mass is 19.1. The lowest BCUT2D eigenvalue weighted by Crippen LogP contribution is -2.28. The van der Waals surface area contributed by atoms with Crippen LogP contribution in [-0.4, -0.2) is 10.5 Å². The van der Waals surface area contributed by atoms with E-state index in [2.05, 4.69) is 11.9 Å². The lowest BCUT2D eigenvalue weighted by Gasteiger charge is -2.14. The van der Waals surface area contributed by atoms with Crippen LogP contribution in [0.4, 0.5) is 4.39 Å². The van der Waals surface area contributed by atoms with Crippen molar-refractivity contribution in [3.05, 3.63) is 113 Å². The van der Waals surface area contributed by atoms with Gasteiger partial charge in [-0.15, -0.1) is 0 Å². The van der Waals surface area contributed by atoms with Gasteiger partial charge in [0.1, 0.15) is 5.82 Å². The van der Waals surface area contributed by atoms with Crippen LogP contribution in [-0.2, 0) is 19.6 Å². The van der Waals surface area contributed by atoms with Gasteiger partial charge >= 0.3 is 0 Å². The number of rotatable bonds is 8. The summed E-state index contributed by atoms with van der Waals surface area (Å²) in [5.74, 6) is -1.49. The average molecular weight is 427 g/mol. The first kappa shape index (κ1) is 21.5. The Hall–Kier alpha value is -3.70. The minimum absolute atomic E-state index is 0.171. The molecular formula is C27H24FN2O2-. The number of aromatic nitrogens is 1. The topological polar surface area (TPSA) is 57.1 Å². The highest BCUT2D eigenvalue weighted by Gasteiger charge is 2.18. The molecule has 32 heavy (non-hydrogen) atoms. The van der Waals surface area contributed by atoms with E-state index in [0.29, 0.717) is 25.2 Å². The number of benzene rings is 3. The van der Waals surface area contributed by atoms with Crippen molar-refractivity contribution >= 4 is 22.9 Å². The van der Waals surface area contributed by atoms with Crippen molar-refractivity contribution in [1.82, 2.24) is 9.88 Å². The molecule has 0 spiro atoms. The predicted octanol–water partition coefficient (Wildman–Crippen LogP) is 4.43. The molecular weight excluding hydrogens is 403 g/mol. The number of hydrogen-bond donors (Lipinski definition) is 1. The Labute approximate surface area is 186 Å². The van der Waals surface area contributed by atoms with Gasteiger partial charge in [0, 0.05) is 36.1 Å². The molecule has 3 aromatic carbocycles. The third-order valence-corrected chi connectivity index (χ3v) is 5.62. The van der Waals surface area contributed by atoms with Crippen molar-refractivity contribution in [3.63, 3.8) is 0 Å². The number of hydrogen-bond acceptors (Lipinski definition) is 3. The maximum atomic E-state index is 13.1. The van der Waals surface area contributed by atoms with Crippen LogP contribution < -0.4 is 10.4 Å². The second kappa shape index (κ2) is 9.20. The monoisotopic (exact) mass is 427 g/mol. The number of carbonyl (C=O) groups is 1. The zero-order chi connectivity index (χ0) is 22.7. The molecule has 0 atom stereocenters. The number of halogens is 1. The maximum Gasteiger partial charge on any atom is 0.123 e. The van der Waals surface area contributed by atoms with E-state index >= 15 is 0 Å². The SMILES string of the molecule is C=Cc1ccc(Cn2c(C(=O)[O-])c(CNCc3ccc(F)cc3)c3ccc(C)cc32)cc1. The Bertz CT molecular complexity index is 1270. The first-order valence-electron chi connectivity index (χ1n) is 10.5. The van der Waals surface area contributed by atoms with Gasteiger partial charge in [-0.1, -0.05) is 61.2 Å². The van der Waals surface area contributed by atoms with Crippen LogP contribution in [0.15, 0.2) is 73.3 Å². The highest BCUT2D eigenvalue weighted by Crippen LogP contribution is 2.28. The zero-order valence-corrected chi connectivity index (χ0v) is 17.9. The minimum Gasteiger partial charge on any atom is -0.543 e. The van der Waals surface area contributed by atoms with Crippen molar-refractivity contribution in [3.8, 4) is 0 Å². The van der Waals surface area contributed by atoms with Gasteiger partial charge in [-0.25, -0.2) is 4.39 Å². The second-order valence-corrected chi connectivity index (χ2v) is 7.90. The summed E-state index contributed by atoms with van der Waals surface area (Å²) in [6, 6.07) is 20.1. The molecule has 0 aliphatic heterocycles. The molecule has 0 saturated heterocycles. The van der Waals surface area contributed by atoms with Crippen LogP contribution in [0.1, 0.15) is 38.3 Å². The van der Waals surface area contributed by atoms with E-state index in [1.54, 1.807) is 18.2 Å². The number of aryl methyl sites for hydroxylation is 1. The molecule has 1 N–H and O–H groups in total. The van der Waals surface area contributed by atoms with Gasteiger partial charge in [-0.3, -0.25) is 0 Å². The molecule has 1 aromatic heterocycles. The summed E-state index contributed by atoms with van der Waals surface area (Å²) in [5.41, 5.74) is 5.68. The first-order valence-corrected chi connectivity index (χ1v) is 10.5. The summed E-state index contributed by atoms with van der Waals surface area (Å²) in [5, 5.41) is 16.4. The van der Waals surface area contributed by atoms with E-state index in [1.807, 2.05) is 54.0 Å². The fraction of sp³-hybridized carbons (Fsp3) is 0.148. The third-order valence-electron chi connectivity index (χ3n) is 5.62. The van der Waals surface area contributed by atoms with Crippen molar-refractivity contribution < 1.29 is 14.3 Å².